The van der Waals surface area contributed by atoms with Gasteiger partial charge in [0.1, 0.15) is 6.04 Å². The Labute approximate surface area is 141 Å². The highest BCUT2D eigenvalue weighted by Crippen LogP contribution is 2.29. The molecule has 2 aliphatic rings. The summed E-state index contributed by atoms with van der Waals surface area (Å²) in [6.07, 6.45) is 4.08. The largest absolute Gasteiger partial charge is 0.344 e. The number of hydrogen-bond donors (Lipinski definition) is 1. The van der Waals surface area contributed by atoms with Crippen LogP contribution in [0.3, 0.4) is 0 Å². The minimum absolute atomic E-state index is 0.0163. The quantitative estimate of drug-likeness (QED) is 0.925. The minimum atomic E-state index is -0.329. The second kappa shape index (κ2) is 6.11. The summed E-state index contributed by atoms with van der Waals surface area (Å²) in [7, 11) is 0. The highest BCUT2D eigenvalue weighted by molar-refractivity contribution is 5.95. The summed E-state index contributed by atoms with van der Waals surface area (Å²) >= 11 is 0. The summed E-state index contributed by atoms with van der Waals surface area (Å²) in [5, 5.41) is 5.26. The van der Waals surface area contributed by atoms with Crippen molar-refractivity contribution in [1.29, 1.82) is 0 Å². The van der Waals surface area contributed by atoms with E-state index in [1.54, 1.807) is 0 Å². The molecule has 0 bridgehead atoms. The number of rotatable bonds is 2. The maximum atomic E-state index is 12.5. The van der Waals surface area contributed by atoms with E-state index >= 15 is 0 Å². The minimum Gasteiger partial charge on any atom is -0.344 e. The van der Waals surface area contributed by atoms with Gasteiger partial charge in [-0.25, -0.2) is 0 Å². The van der Waals surface area contributed by atoms with Gasteiger partial charge in [-0.3, -0.25) is 9.59 Å². The molecule has 1 N–H and O–H groups in total. The number of benzene rings is 2. The molecule has 2 amide bonds. The first-order valence-electron chi connectivity index (χ1n) is 8.48. The number of hydrogen-bond acceptors (Lipinski definition) is 2. The van der Waals surface area contributed by atoms with Gasteiger partial charge in [0.2, 0.25) is 11.8 Å². The van der Waals surface area contributed by atoms with E-state index in [0.29, 0.717) is 25.9 Å². The molecular formula is C20H20N2O2. The molecule has 122 valence electrons. The number of nitrogens with one attached hydrogen (secondary N) is 1. The number of fused-ring (bicyclic) bond motifs is 1. The molecule has 0 radical (unpaired) electrons. The van der Waals surface area contributed by atoms with Crippen LogP contribution in [0, 0.1) is 0 Å². The van der Waals surface area contributed by atoms with Gasteiger partial charge >= 0.3 is 0 Å². The van der Waals surface area contributed by atoms with Crippen LogP contribution in [0.5, 0.6) is 0 Å². The first kappa shape index (κ1) is 14.9. The van der Waals surface area contributed by atoms with Gasteiger partial charge in [0.05, 0.1) is 0 Å². The Hall–Kier alpha value is -2.62. The molecule has 2 heterocycles. The fourth-order valence-corrected chi connectivity index (χ4v) is 3.64. The Kier molecular flexibility index (Phi) is 3.81. The highest BCUT2D eigenvalue weighted by Gasteiger charge is 2.31. The van der Waals surface area contributed by atoms with Crippen molar-refractivity contribution >= 4 is 28.2 Å². The van der Waals surface area contributed by atoms with Crippen molar-refractivity contribution in [1.82, 2.24) is 10.2 Å². The van der Waals surface area contributed by atoms with E-state index < -0.39 is 0 Å². The molecule has 0 saturated carbocycles. The Morgan fingerprint density at radius 2 is 1.92 bits per heavy atom. The third kappa shape index (κ3) is 2.68. The van der Waals surface area contributed by atoms with Crippen LogP contribution in [0.25, 0.3) is 16.3 Å². The molecule has 2 aliphatic heterocycles. The first-order valence-corrected chi connectivity index (χ1v) is 8.48. The van der Waals surface area contributed by atoms with Gasteiger partial charge in [0.25, 0.3) is 0 Å². The Morgan fingerprint density at radius 3 is 2.67 bits per heavy atom. The van der Waals surface area contributed by atoms with Crippen molar-refractivity contribution in [3.63, 3.8) is 0 Å². The van der Waals surface area contributed by atoms with Gasteiger partial charge in [-0.1, -0.05) is 48.5 Å². The predicted octanol–water partition coefficient (Wildman–Crippen LogP) is 2.73. The number of carbonyl (C=O) groups excluding carboxylic acids is 2. The monoisotopic (exact) mass is 320 g/mol. The zero-order valence-electron chi connectivity index (χ0n) is 13.5. The normalized spacial score (nSPS) is 20.8. The molecule has 4 rings (SSSR count). The summed E-state index contributed by atoms with van der Waals surface area (Å²) in [4.78, 5) is 25.6. The number of amides is 2. The molecule has 4 heteroatoms. The second-order valence-electron chi connectivity index (χ2n) is 6.45. The van der Waals surface area contributed by atoms with Crippen LogP contribution in [0.15, 0.2) is 48.5 Å². The second-order valence-corrected chi connectivity index (χ2v) is 6.45. The van der Waals surface area contributed by atoms with Crippen LogP contribution >= 0.6 is 0 Å². The molecule has 0 aromatic heterocycles. The van der Waals surface area contributed by atoms with E-state index in [2.05, 4.69) is 53.9 Å². The molecule has 1 saturated heterocycles. The van der Waals surface area contributed by atoms with Crippen molar-refractivity contribution in [3.05, 3.63) is 54.1 Å². The Bertz CT molecular complexity index is 835. The van der Waals surface area contributed by atoms with Crippen molar-refractivity contribution in [2.45, 2.75) is 25.3 Å². The molecule has 0 spiro atoms. The van der Waals surface area contributed by atoms with Crippen molar-refractivity contribution in [2.24, 2.45) is 0 Å². The molecule has 24 heavy (non-hydrogen) atoms. The van der Waals surface area contributed by atoms with E-state index in [0.717, 1.165) is 6.42 Å². The molecule has 1 fully saturated rings. The van der Waals surface area contributed by atoms with E-state index in [-0.39, 0.29) is 17.9 Å². The average molecular weight is 320 g/mol. The van der Waals surface area contributed by atoms with E-state index in [9.17, 15) is 9.59 Å². The zero-order chi connectivity index (χ0) is 16.5. The van der Waals surface area contributed by atoms with Gasteiger partial charge in [-0.05, 0) is 34.8 Å². The topological polar surface area (TPSA) is 49.4 Å². The zero-order valence-corrected chi connectivity index (χ0v) is 13.5. The lowest BCUT2D eigenvalue weighted by Crippen LogP contribution is -2.45. The lowest BCUT2D eigenvalue weighted by Gasteiger charge is -2.29. The number of nitrogens with zero attached hydrogens (tertiary/aromatic N) is 1. The van der Waals surface area contributed by atoms with Crippen molar-refractivity contribution in [3.8, 4) is 0 Å². The molecule has 1 atom stereocenters. The van der Waals surface area contributed by atoms with E-state index in [1.165, 1.54) is 21.9 Å². The molecular weight excluding hydrogens is 300 g/mol. The van der Waals surface area contributed by atoms with Crippen LogP contribution < -0.4 is 5.32 Å². The maximum absolute atomic E-state index is 12.5. The van der Waals surface area contributed by atoms with Gasteiger partial charge in [-0.2, -0.15) is 0 Å². The average Bonchev–Trinajstić information content (AvgIpc) is 3.07. The van der Waals surface area contributed by atoms with Gasteiger partial charge in [0.15, 0.2) is 0 Å². The summed E-state index contributed by atoms with van der Waals surface area (Å²) < 4.78 is 0. The smallest absolute Gasteiger partial charge is 0.245 e. The third-order valence-electron chi connectivity index (χ3n) is 4.95. The standard InChI is InChI=1S/C20H20N2O2/c23-19-9-8-18(21-19)20(24)22-12-10-15(11-13-22)17-7-3-5-14-4-1-2-6-16(14)17/h1-7,10,18H,8-9,11-13H2,(H,21,23). The molecule has 1 unspecified atom stereocenters. The molecule has 0 aliphatic carbocycles. The van der Waals surface area contributed by atoms with Gasteiger partial charge in [0, 0.05) is 19.5 Å². The van der Waals surface area contributed by atoms with Gasteiger partial charge in [-0.15, -0.1) is 0 Å². The predicted molar refractivity (Wildman–Crippen MR) is 94.3 cm³/mol. The third-order valence-corrected chi connectivity index (χ3v) is 4.95. The Morgan fingerprint density at radius 1 is 1.08 bits per heavy atom. The van der Waals surface area contributed by atoms with Crippen LogP contribution in [-0.4, -0.2) is 35.8 Å². The first-order chi connectivity index (χ1) is 11.7. The highest BCUT2D eigenvalue weighted by atomic mass is 16.2. The van der Waals surface area contributed by atoms with Crippen molar-refractivity contribution < 1.29 is 9.59 Å². The maximum Gasteiger partial charge on any atom is 0.245 e. The lowest BCUT2D eigenvalue weighted by molar-refractivity contribution is -0.134. The molecule has 2 aromatic rings. The fraction of sp³-hybridized carbons (Fsp3) is 0.300. The fourth-order valence-electron chi connectivity index (χ4n) is 3.64. The Balaban J connectivity index is 1.54. The van der Waals surface area contributed by atoms with E-state index in [1.807, 2.05) is 4.90 Å². The number of carbonyl (C=O) groups is 2. The van der Waals surface area contributed by atoms with Gasteiger partial charge < -0.3 is 10.2 Å². The van der Waals surface area contributed by atoms with Crippen molar-refractivity contribution in [2.75, 3.05) is 13.1 Å². The summed E-state index contributed by atoms with van der Waals surface area (Å²) in [6.45, 7) is 1.32. The van der Waals surface area contributed by atoms with E-state index in [4.69, 9.17) is 0 Å². The SMILES string of the molecule is O=C1CCC(C(=O)N2CC=C(c3cccc4ccccc34)CC2)N1. The lowest BCUT2D eigenvalue weighted by atomic mass is 9.94. The molecule has 2 aromatic carbocycles. The van der Waals surface area contributed by atoms with Crippen LogP contribution in [0.2, 0.25) is 0 Å². The summed E-state index contributed by atoms with van der Waals surface area (Å²) in [5.41, 5.74) is 2.56. The van der Waals surface area contributed by atoms with Crippen LogP contribution in [0.4, 0.5) is 0 Å². The summed E-state index contributed by atoms with van der Waals surface area (Å²) in [6, 6.07) is 14.4. The van der Waals surface area contributed by atoms with Crippen LogP contribution in [0.1, 0.15) is 24.8 Å². The summed E-state index contributed by atoms with van der Waals surface area (Å²) in [5.74, 6) is 0.0337. The molecule has 4 nitrogen and oxygen atoms in total. The van der Waals surface area contributed by atoms with Crippen LogP contribution in [-0.2, 0) is 9.59 Å².